The molecule has 27 heavy (non-hydrogen) atoms. The van der Waals surface area contributed by atoms with Gasteiger partial charge < -0.3 is 0 Å². The van der Waals surface area contributed by atoms with Crippen LogP contribution in [0.5, 0.6) is 0 Å². The Hall–Kier alpha value is -1.94. The summed E-state index contributed by atoms with van der Waals surface area (Å²) in [5, 5.41) is 3.99. The molecule has 0 amide bonds. The summed E-state index contributed by atoms with van der Waals surface area (Å²) in [6, 6.07) is 1.05. The number of hydrogen-bond acceptors (Lipinski definition) is 4. The molecule has 0 saturated carbocycles. The van der Waals surface area contributed by atoms with Crippen molar-refractivity contribution in [1.82, 2.24) is 19.1 Å². The standard InChI is InChI=1S/C17H21F3N4O2S/c1-11-8-16(17(18,19)20)21-9-14(11)13-4-6-24(7-5-13)27(25,26)15-10-22-23(3)12(15)2/h8-10,13H,4-7H2,1-3H3. The van der Waals surface area contributed by atoms with Gasteiger partial charge in [-0.3, -0.25) is 9.67 Å². The molecule has 6 nitrogen and oxygen atoms in total. The first kappa shape index (κ1) is 19.8. The molecule has 0 unspecified atom stereocenters. The maximum atomic E-state index is 12.8. The van der Waals surface area contributed by atoms with Crippen LogP contribution in [0.4, 0.5) is 13.2 Å². The highest BCUT2D eigenvalue weighted by Crippen LogP contribution is 2.35. The summed E-state index contributed by atoms with van der Waals surface area (Å²) in [6.07, 6.45) is -0.778. The second kappa shape index (κ2) is 6.90. The van der Waals surface area contributed by atoms with E-state index >= 15 is 0 Å². The molecule has 0 radical (unpaired) electrons. The van der Waals surface area contributed by atoms with Gasteiger partial charge in [0.05, 0.1) is 11.9 Å². The van der Waals surface area contributed by atoms with Gasteiger partial charge in [0.25, 0.3) is 0 Å². The van der Waals surface area contributed by atoms with E-state index in [9.17, 15) is 21.6 Å². The predicted molar refractivity (Wildman–Crippen MR) is 92.7 cm³/mol. The fraction of sp³-hybridized carbons (Fsp3) is 0.529. The van der Waals surface area contributed by atoms with E-state index in [-0.39, 0.29) is 10.8 Å². The number of pyridine rings is 1. The van der Waals surface area contributed by atoms with Crippen molar-refractivity contribution in [1.29, 1.82) is 0 Å². The second-order valence-corrected chi connectivity index (χ2v) is 8.73. The lowest BCUT2D eigenvalue weighted by Gasteiger charge is -2.31. The Labute approximate surface area is 156 Å². The first-order valence-corrected chi connectivity index (χ1v) is 9.98. The lowest BCUT2D eigenvalue weighted by atomic mass is 9.88. The number of hydrogen-bond donors (Lipinski definition) is 0. The van der Waals surface area contributed by atoms with Gasteiger partial charge in [0.1, 0.15) is 10.6 Å². The lowest BCUT2D eigenvalue weighted by molar-refractivity contribution is -0.141. The number of halogens is 3. The third kappa shape index (κ3) is 3.73. The molecule has 0 spiro atoms. The molecule has 1 fully saturated rings. The monoisotopic (exact) mass is 402 g/mol. The Morgan fingerprint density at radius 3 is 2.26 bits per heavy atom. The molecular weight excluding hydrogens is 381 g/mol. The third-order valence-electron chi connectivity index (χ3n) is 5.14. The highest BCUT2D eigenvalue weighted by molar-refractivity contribution is 7.89. The van der Waals surface area contributed by atoms with Gasteiger partial charge in [-0.1, -0.05) is 0 Å². The van der Waals surface area contributed by atoms with E-state index in [2.05, 4.69) is 10.1 Å². The minimum atomic E-state index is -4.47. The SMILES string of the molecule is Cc1cc(C(F)(F)F)ncc1C1CCN(S(=O)(=O)c2cnn(C)c2C)CC1. The lowest BCUT2D eigenvalue weighted by Crippen LogP contribution is -2.38. The molecule has 0 N–H and O–H groups in total. The number of aromatic nitrogens is 3. The van der Waals surface area contributed by atoms with Crippen molar-refractivity contribution in [2.75, 3.05) is 13.1 Å². The highest BCUT2D eigenvalue weighted by Gasteiger charge is 2.35. The molecule has 1 saturated heterocycles. The van der Waals surface area contributed by atoms with Gasteiger partial charge in [-0.25, -0.2) is 8.42 Å². The molecule has 1 aliphatic heterocycles. The quantitative estimate of drug-likeness (QED) is 0.792. The summed E-state index contributed by atoms with van der Waals surface area (Å²) in [7, 11) is -1.95. The molecule has 3 heterocycles. The number of sulfonamides is 1. The van der Waals surface area contributed by atoms with E-state index < -0.39 is 21.9 Å². The summed E-state index contributed by atoms with van der Waals surface area (Å²) in [4.78, 5) is 3.74. The smallest absolute Gasteiger partial charge is 0.272 e. The number of alkyl halides is 3. The van der Waals surface area contributed by atoms with Crippen LogP contribution in [-0.4, -0.2) is 40.6 Å². The van der Waals surface area contributed by atoms with Crippen LogP contribution in [-0.2, 0) is 23.2 Å². The normalized spacial score (nSPS) is 17.4. The largest absolute Gasteiger partial charge is 0.433 e. The third-order valence-corrected chi connectivity index (χ3v) is 7.15. The Balaban J connectivity index is 1.75. The van der Waals surface area contributed by atoms with Crippen molar-refractivity contribution < 1.29 is 21.6 Å². The van der Waals surface area contributed by atoms with Crippen molar-refractivity contribution in [2.24, 2.45) is 7.05 Å². The average Bonchev–Trinajstić information content (AvgIpc) is 2.94. The van der Waals surface area contributed by atoms with E-state index in [1.165, 1.54) is 21.4 Å². The van der Waals surface area contributed by atoms with Crippen LogP contribution in [0.2, 0.25) is 0 Å². The number of nitrogens with zero attached hydrogens (tertiary/aromatic N) is 4. The Kier molecular flexibility index (Phi) is 5.06. The van der Waals surface area contributed by atoms with Crippen LogP contribution in [0.1, 0.15) is 41.3 Å². The van der Waals surface area contributed by atoms with Gasteiger partial charge in [-0.05, 0) is 49.8 Å². The first-order valence-electron chi connectivity index (χ1n) is 8.54. The zero-order chi connectivity index (χ0) is 20.0. The zero-order valence-corrected chi connectivity index (χ0v) is 16.1. The summed E-state index contributed by atoms with van der Waals surface area (Å²) in [5.74, 6) is -0.0128. The minimum Gasteiger partial charge on any atom is -0.272 e. The summed E-state index contributed by atoms with van der Waals surface area (Å²) >= 11 is 0. The van der Waals surface area contributed by atoms with E-state index in [4.69, 9.17) is 0 Å². The average molecular weight is 402 g/mol. The number of rotatable bonds is 3. The molecule has 3 rings (SSSR count). The molecular formula is C17H21F3N4O2S. The zero-order valence-electron chi connectivity index (χ0n) is 15.3. The van der Waals surface area contributed by atoms with E-state index in [0.29, 0.717) is 37.2 Å². The van der Waals surface area contributed by atoms with Crippen molar-refractivity contribution >= 4 is 10.0 Å². The van der Waals surface area contributed by atoms with Gasteiger partial charge in [0.2, 0.25) is 10.0 Å². The first-order chi connectivity index (χ1) is 12.5. The molecule has 0 bridgehead atoms. The van der Waals surface area contributed by atoms with Gasteiger partial charge in [0, 0.05) is 26.3 Å². The minimum absolute atomic E-state index is 0.0128. The molecule has 0 aromatic carbocycles. The van der Waals surface area contributed by atoms with Crippen LogP contribution < -0.4 is 0 Å². The second-order valence-electron chi connectivity index (χ2n) is 6.82. The van der Waals surface area contributed by atoms with E-state index in [1.807, 2.05) is 0 Å². The fourth-order valence-electron chi connectivity index (χ4n) is 3.43. The van der Waals surface area contributed by atoms with Crippen molar-refractivity contribution in [2.45, 2.75) is 43.7 Å². The molecule has 148 valence electrons. The number of aryl methyl sites for hydroxylation is 2. The van der Waals surface area contributed by atoms with E-state index in [0.717, 1.165) is 11.6 Å². The molecule has 0 atom stereocenters. The maximum Gasteiger partial charge on any atom is 0.433 e. The van der Waals surface area contributed by atoms with Gasteiger partial charge in [-0.2, -0.15) is 22.6 Å². The topological polar surface area (TPSA) is 68.1 Å². The van der Waals surface area contributed by atoms with Gasteiger partial charge >= 0.3 is 6.18 Å². The Bertz CT molecular complexity index is 946. The Morgan fingerprint density at radius 2 is 1.78 bits per heavy atom. The van der Waals surface area contributed by atoms with E-state index in [1.54, 1.807) is 20.9 Å². The van der Waals surface area contributed by atoms with Crippen LogP contribution in [0, 0.1) is 13.8 Å². The summed E-state index contributed by atoms with van der Waals surface area (Å²) in [6.45, 7) is 3.95. The highest BCUT2D eigenvalue weighted by atomic mass is 32.2. The molecule has 1 aliphatic rings. The molecule has 2 aromatic rings. The van der Waals surface area contributed by atoms with Crippen molar-refractivity contribution in [3.63, 3.8) is 0 Å². The molecule has 0 aliphatic carbocycles. The fourth-order valence-corrected chi connectivity index (χ4v) is 5.08. The summed E-state index contributed by atoms with van der Waals surface area (Å²) < 4.78 is 66.9. The van der Waals surface area contributed by atoms with Crippen LogP contribution in [0.25, 0.3) is 0 Å². The van der Waals surface area contributed by atoms with Gasteiger partial charge in [-0.15, -0.1) is 0 Å². The van der Waals surface area contributed by atoms with Crippen LogP contribution in [0.3, 0.4) is 0 Å². The van der Waals surface area contributed by atoms with Gasteiger partial charge in [0.15, 0.2) is 0 Å². The number of piperidine rings is 1. The molecule has 10 heteroatoms. The van der Waals surface area contributed by atoms with Crippen LogP contribution in [0.15, 0.2) is 23.4 Å². The van der Waals surface area contributed by atoms with Crippen molar-refractivity contribution in [3.05, 3.63) is 41.0 Å². The summed E-state index contributed by atoms with van der Waals surface area (Å²) in [5.41, 5.74) is 0.940. The maximum absolute atomic E-state index is 12.8. The Morgan fingerprint density at radius 1 is 1.15 bits per heavy atom. The van der Waals surface area contributed by atoms with Crippen molar-refractivity contribution in [3.8, 4) is 0 Å². The predicted octanol–water partition coefficient (Wildman–Crippen LogP) is 3.02. The molecule has 2 aromatic heterocycles. The van der Waals surface area contributed by atoms with Crippen LogP contribution >= 0.6 is 0 Å².